The molecule has 134 valence electrons. The Hall–Kier alpha value is -2.95. The van der Waals surface area contributed by atoms with Gasteiger partial charge in [-0.05, 0) is 38.0 Å². The van der Waals surface area contributed by atoms with Crippen LogP contribution in [0.25, 0.3) is 16.6 Å². The molecule has 0 atom stereocenters. The zero-order valence-electron chi connectivity index (χ0n) is 15.4. The minimum absolute atomic E-state index is 0.0920. The molecule has 0 saturated heterocycles. The first-order chi connectivity index (χ1) is 12.6. The van der Waals surface area contributed by atoms with Crippen molar-refractivity contribution in [2.75, 3.05) is 13.1 Å². The van der Waals surface area contributed by atoms with Gasteiger partial charge in [0, 0.05) is 36.3 Å². The van der Waals surface area contributed by atoms with Gasteiger partial charge < -0.3 is 4.90 Å². The van der Waals surface area contributed by atoms with Crippen molar-refractivity contribution < 1.29 is 4.79 Å². The maximum absolute atomic E-state index is 12.5. The molecule has 5 heteroatoms. The van der Waals surface area contributed by atoms with Crippen molar-refractivity contribution in [3.05, 3.63) is 66.5 Å². The number of hydrogen-bond donors (Lipinski definition) is 0. The maximum Gasteiger partial charge on any atom is 0.223 e. The summed E-state index contributed by atoms with van der Waals surface area (Å²) in [6, 6.07) is 8.00. The number of aromatic nitrogens is 3. The number of nitrogens with zero attached hydrogens (tertiary/aromatic N) is 4. The maximum atomic E-state index is 12.5. The third-order valence-corrected chi connectivity index (χ3v) is 4.66. The molecule has 0 aliphatic heterocycles. The topological polar surface area (TPSA) is 50.5 Å². The van der Waals surface area contributed by atoms with E-state index in [4.69, 9.17) is 4.98 Å². The van der Waals surface area contributed by atoms with E-state index in [0.29, 0.717) is 25.9 Å². The Kier molecular flexibility index (Phi) is 5.16. The molecular formula is C21H24N4O. The molecule has 1 amide bonds. The Balaban J connectivity index is 1.90. The molecule has 0 N–H and O–H groups in total. The summed E-state index contributed by atoms with van der Waals surface area (Å²) in [6.07, 6.45) is 4.54. The summed E-state index contributed by atoms with van der Waals surface area (Å²) in [6.45, 7) is 12.5. The molecule has 0 unspecified atom stereocenters. The van der Waals surface area contributed by atoms with E-state index in [1.165, 1.54) is 0 Å². The van der Waals surface area contributed by atoms with E-state index in [9.17, 15) is 4.79 Å². The highest BCUT2D eigenvalue weighted by atomic mass is 16.2. The number of amides is 1. The van der Waals surface area contributed by atoms with Crippen LogP contribution in [-0.4, -0.2) is 38.5 Å². The summed E-state index contributed by atoms with van der Waals surface area (Å²) in [5, 5.41) is 5.72. The molecule has 0 aliphatic carbocycles. The van der Waals surface area contributed by atoms with E-state index < -0.39 is 0 Å². The molecule has 0 saturated carbocycles. The molecule has 26 heavy (non-hydrogen) atoms. The van der Waals surface area contributed by atoms with Crippen molar-refractivity contribution in [1.82, 2.24) is 19.5 Å². The molecule has 0 fully saturated rings. The van der Waals surface area contributed by atoms with Crippen LogP contribution in [0.1, 0.15) is 23.4 Å². The number of hydrogen-bond acceptors (Lipinski definition) is 3. The minimum Gasteiger partial charge on any atom is -0.335 e. The Morgan fingerprint density at radius 1 is 1.19 bits per heavy atom. The van der Waals surface area contributed by atoms with Crippen LogP contribution in [0.4, 0.5) is 0 Å². The molecule has 0 radical (unpaired) electrons. The van der Waals surface area contributed by atoms with Gasteiger partial charge in [-0.2, -0.15) is 5.10 Å². The Morgan fingerprint density at radius 3 is 2.58 bits per heavy atom. The highest BCUT2D eigenvalue weighted by Gasteiger charge is 2.16. The van der Waals surface area contributed by atoms with Crippen LogP contribution in [0.5, 0.6) is 0 Å². The fraction of sp³-hybridized carbons (Fsp3) is 0.286. The molecular weight excluding hydrogens is 324 g/mol. The van der Waals surface area contributed by atoms with Crippen LogP contribution in [0.3, 0.4) is 0 Å². The normalized spacial score (nSPS) is 11.0. The molecule has 0 spiro atoms. The average molecular weight is 348 g/mol. The smallest absolute Gasteiger partial charge is 0.223 e. The molecule has 5 nitrogen and oxygen atoms in total. The first-order valence-electron chi connectivity index (χ1n) is 8.80. The molecule has 3 rings (SSSR count). The average Bonchev–Trinajstić information content (AvgIpc) is 3.00. The SMILES string of the molecule is C=CCN(CC=C)C(=O)CCc1c(C)nc2c3ccccc3nn2c1C. The van der Waals surface area contributed by atoms with Gasteiger partial charge in [-0.15, -0.1) is 13.2 Å². The molecule has 1 aromatic carbocycles. The van der Waals surface area contributed by atoms with Gasteiger partial charge in [-0.3, -0.25) is 4.79 Å². The van der Waals surface area contributed by atoms with Gasteiger partial charge in [-0.25, -0.2) is 9.50 Å². The number of fused-ring (bicyclic) bond motifs is 3. The summed E-state index contributed by atoms with van der Waals surface area (Å²) in [5.41, 5.74) is 4.86. The molecule has 0 bridgehead atoms. The molecule has 2 aromatic heterocycles. The zero-order valence-corrected chi connectivity index (χ0v) is 15.4. The minimum atomic E-state index is 0.0920. The van der Waals surface area contributed by atoms with E-state index in [0.717, 1.165) is 33.5 Å². The molecule has 0 aliphatic rings. The van der Waals surface area contributed by atoms with Crippen molar-refractivity contribution in [3.8, 4) is 0 Å². The quantitative estimate of drug-likeness (QED) is 0.613. The third kappa shape index (κ3) is 3.25. The first-order valence-corrected chi connectivity index (χ1v) is 8.80. The third-order valence-electron chi connectivity index (χ3n) is 4.66. The van der Waals surface area contributed by atoms with Gasteiger partial charge in [0.25, 0.3) is 0 Å². The fourth-order valence-electron chi connectivity index (χ4n) is 3.32. The predicted octanol–water partition coefficient (Wildman–Crippen LogP) is 3.63. The van der Waals surface area contributed by atoms with E-state index in [2.05, 4.69) is 18.3 Å². The van der Waals surface area contributed by atoms with Crippen LogP contribution >= 0.6 is 0 Å². The van der Waals surface area contributed by atoms with Crippen LogP contribution in [0, 0.1) is 13.8 Å². The number of rotatable bonds is 7. The van der Waals surface area contributed by atoms with Gasteiger partial charge in [0.1, 0.15) is 0 Å². The number of benzene rings is 1. The number of carbonyl (C=O) groups is 1. The van der Waals surface area contributed by atoms with E-state index >= 15 is 0 Å². The van der Waals surface area contributed by atoms with Crippen molar-refractivity contribution in [2.45, 2.75) is 26.7 Å². The lowest BCUT2D eigenvalue weighted by Gasteiger charge is -2.19. The Labute approximate surface area is 153 Å². The Morgan fingerprint density at radius 2 is 1.88 bits per heavy atom. The second-order valence-electron chi connectivity index (χ2n) is 6.39. The van der Waals surface area contributed by atoms with Gasteiger partial charge in [0.05, 0.1) is 5.52 Å². The molecule has 2 heterocycles. The number of carbonyl (C=O) groups excluding carboxylic acids is 1. The van der Waals surface area contributed by atoms with Gasteiger partial charge in [-0.1, -0.05) is 24.3 Å². The summed E-state index contributed by atoms with van der Waals surface area (Å²) in [5.74, 6) is 0.0920. The van der Waals surface area contributed by atoms with E-state index in [1.54, 1.807) is 17.1 Å². The highest BCUT2D eigenvalue weighted by molar-refractivity contribution is 5.92. The lowest BCUT2D eigenvalue weighted by atomic mass is 10.1. The fourth-order valence-corrected chi connectivity index (χ4v) is 3.32. The highest BCUT2D eigenvalue weighted by Crippen LogP contribution is 2.23. The van der Waals surface area contributed by atoms with Crippen LogP contribution in [0.2, 0.25) is 0 Å². The summed E-state index contributed by atoms with van der Waals surface area (Å²) >= 11 is 0. The predicted molar refractivity (Wildman–Crippen MR) is 105 cm³/mol. The summed E-state index contributed by atoms with van der Waals surface area (Å²) < 4.78 is 1.89. The number of aryl methyl sites for hydroxylation is 2. The van der Waals surface area contributed by atoms with Crippen LogP contribution < -0.4 is 0 Å². The van der Waals surface area contributed by atoms with Crippen molar-refractivity contribution >= 4 is 22.5 Å². The second-order valence-corrected chi connectivity index (χ2v) is 6.39. The zero-order chi connectivity index (χ0) is 18.7. The van der Waals surface area contributed by atoms with Crippen LogP contribution in [0.15, 0.2) is 49.6 Å². The monoisotopic (exact) mass is 348 g/mol. The Bertz CT molecular complexity index is 976. The van der Waals surface area contributed by atoms with Gasteiger partial charge in [0.2, 0.25) is 5.91 Å². The van der Waals surface area contributed by atoms with Crippen LogP contribution in [-0.2, 0) is 11.2 Å². The standard InChI is InChI=1S/C21H24N4O/c1-5-13-24(14-6-2)20(26)12-11-17-15(3)22-21-18-9-7-8-10-19(18)23-25(21)16(17)4/h5-10H,1-2,11-14H2,3-4H3. The lowest BCUT2D eigenvalue weighted by molar-refractivity contribution is -0.130. The lowest BCUT2D eigenvalue weighted by Crippen LogP contribution is -2.31. The van der Waals surface area contributed by atoms with Crippen molar-refractivity contribution in [2.24, 2.45) is 0 Å². The largest absolute Gasteiger partial charge is 0.335 e. The first kappa shape index (κ1) is 17.9. The van der Waals surface area contributed by atoms with E-state index in [1.807, 2.05) is 42.6 Å². The van der Waals surface area contributed by atoms with Crippen molar-refractivity contribution in [3.63, 3.8) is 0 Å². The molecule has 3 aromatic rings. The van der Waals surface area contributed by atoms with Gasteiger partial charge >= 0.3 is 0 Å². The summed E-state index contributed by atoms with van der Waals surface area (Å²) in [7, 11) is 0. The van der Waals surface area contributed by atoms with Gasteiger partial charge in [0.15, 0.2) is 5.65 Å². The van der Waals surface area contributed by atoms with E-state index in [-0.39, 0.29) is 5.91 Å². The second kappa shape index (κ2) is 7.52. The summed E-state index contributed by atoms with van der Waals surface area (Å²) in [4.78, 5) is 19.0. The van der Waals surface area contributed by atoms with Crippen molar-refractivity contribution in [1.29, 1.82) is 0 Å².